The van der Waals surface area contributed by atoms with E-state index in [9.17, 15) is 5.11 Å². The summed E-state index contributed by atoms with van der Waals surface area (Å²) in [5, 5.41) is 9.37. The van der Waals surface area contributed by atoms with Crippen LogP contribution in [0.4, 0.5) is 0 Å². The number of phenolic OH excluding ortho intramolecular Hbond substituents is 1. The summed E-state index contributed by atoms with van der Waals surface area (Å²) in [6.45, 7) is 2.41. The van der Waals surface area contributed by atoms with Crippen molar-refractivity contribution in [1.82, 2.24) is 0 Å². The van der Waals surface area contributed by atoms with Gasteiger partial charge in [0, 0.05) is 8.95 Å². The maximum absolute atomic E-state index is 9.37. The molecule has 4 heteroatoms. The average molecular weight is 296 g/mol. The molecule has 0 spiro atoms. The molecule has 0 heterocycles. The van der Waals surface area contributed by atoms with Crippen molar-refractivity contribution in [2.45, 2.75) is 6.92 Å². The maximum Gasteiger partial charge on any atom is 0.162 e. The van der Waals surface area contributed by atoms with Gasteiger partial charge in [-0.3, -0.25) is 0 Å². The van der Waals surface area contributed by atoms with Crippen LogP contribution in [0.15, 0.2) is 21.1 Å². The van der Waals surface area contributed by atoms with E-state index in [1.165, 1.54) is 0 Å². The molecule has 0 bridgehead atoms. The summed E-state index contributed by atoms with van der Waals surface area (Å²) in [6, 6.07) is 3.32. The first-order valence-electron chi connectivity index (χ1n) is 3.46. The highest BCUT2D eigenvalue weighted by atomic mass is 79.9. The van der Waals surface area contributed by atoms with Crippen LogP contribution in [0.25, 0.3) is 0 Å². The molecule has 0 aromatic heterocycles. The minimum Gasteiger partial charge on any atom is -0.504 e. The third kappa shape index (κ3) is 2.14. The Morgan fingerprint density at radius 1 is 1.33 bits per heavy atom. The minimum atomic E-state index is 0.145. The third-order valence-corrected chi connectivity index (χ3v) is 3.15. The van der Waals surface area contributed by atoms with Crippen molar-refractivity contribution in [2.24, 2.45) is 0 Å². The smallest absolute Gasteiger partial charge is 0.162 e. The Morgan fingerprint density at radius 3 is 2.50 bits per heavy atom. The van der Waals surface area contributed by atoms with Crippen LogP contribution in [-0.2, 0) is 0 Å². The maximum atomic E-state index is 9.37. The number of aromatic hydroxyl groups is 1. The van der Waals surface area contributed by atoms with Gasteiger partial charge >= 0.3 is 0 Å². The van der Waals surface area contributed by atoms with E-state index in [1.54, 1.807) is 12.1 Å². The Kier molecular flexibility index (Phi) is 3.40. The molecule has 1 rings (SSSR count). The number of halogens is 2. The molecular weight excluding hydrogens is 288 g/mol. The molecule has 0 saturated carbocycles. The summed E-state index contributed by atoms with van der Waals surface area (Å²) in [5.74, 6) is 0.638. The van der Waals surface area contributed by atoms with Gasteiger partial charge in [0.25, 0.3) is 0 Å². The van der Waals surface area contributed by atoms with Gasteiger partial charge in [-0.15, -0.1) is 0 Å². The normalized spacial score (nSPS) is 9.92. The Balaban J connectivity index is 3.05. The van der Waals surface area contributed by atoms with Crippen molar-refractivity contribution in [1.29, 1.82) is 0 Å². The molecule has 0 saturated heterocycles. The number of ether oxygens (including phenoxy) is 1. The SMILES string of the molecule is CCOc1cc(Br)c(Br)cc1O. The number of benzene rings is 1. The van der Waals surface area contributed by atoms with E-state index in [1.807, 2.05) is 6.92 Å². The van der Waals surface area contributed by atoms with Gasteiger partial charge in [-0.25, -0.2) is 0 Å². The van der Waals surface area contributed by atoms with Crippen molar-refractivity contribution < 1.29 is 9.84 Å². The fraction of sp³-hybridized carbons (Fsp3) is 0.250. The topological polar surface area (TPSA) is 29.5 Å². The molecule has 0 amide bonds. The zero-order valence-corrected chi connectivity index (χ0v) is 9.65. The van der Waals surface area contributed by atoms with Crippen LogP contribution in [-0.4, -0.2) is 11.7 Å². The van der Waals surface area contributed by atoms with Gasteiger partial charge in [0.2, 0.25) is 0 Å². The Morgan fingerprint density at radius 2 is 1.92 bits per heavy atom. The van der Waals surface area contributed by atoms with E-state index in [0.29, 0.717) is 12.4 Å². The fourth-order valence-electron chi connectivity index (χ4n) is 0.789. The Bertz CT molecular complexity index is 287. The predicted molar refractivity (Wildman–Crippen MR) is 54.7 cm³/mol. The lowest BCUT2D eigenvalue weighted by Crippen LogP contribution is -1.91. The van der Waals surface area contributed by atoms with Crippen LogP contribution in [0, 0.1) is 0 Å². The van der Waals surface area contributed by atoms with Crippen LogP contribution in [0.5, 0.6) is 11.5 Å². The van der Waals surface area contributed by atoms with Crippen LogP contribution >= 0.6 is 31.9 Å². The summed E-state index contributed by atoms with van der Waals surface area (Å²) in [6.07, 6.45) is 0. The fourth-order valence-corrected chi connectivity index (χ4v) is 1.44. The summed E-state index contributed by atoms with van der Waals surface area (Å²) >= 11 is 6.58. The van der Waals surface area contributed by atoms with Crippen molar-refractivity contribution in [3.05, 3.63) is 21.1 Å². The van der Waals surface area contributed by atoms with Crippen LogP contribution in [0.1, 0.15) is 6.92 Å². The largest absolute Gasteiger partial charge is 0.504 e. The number of hydrogen-bond donors (Lipinski definition) is 1. The molecule has 0 fully saturated rings. The summed E-state index contributed by atoms with van der Waals surface area (Å²) in [7, 11) is 0. The standard InChI is InChI=1S/C8H8Br2O2/c1-2-12-8-4-6(10)5(9)3-7(8)11/h3-4,11H,2H2,1H3. The monoisotopic (exact) mass is 294 g/mol. The summed E-state index contributed by atoms with van der Waals surface area (Å²) in [4.78, 5) is 0. The van der Waals surface area contributed by atoms with Crippen LogP contribution in [0.2, 0.25) is 0 Å². The van der Waals surface area contributed by atoms with Crippen molar-refractivity contribution in [2.75, 3.05) is 6.61 Å². The second-order valence-electron chi connectivity index (χ2n) is 2.17. The molecule has 0 atom stereocenters. The minimum absolute atomic E-state index is 0.145. The molecule has 0 radical (unpaired) electrons. The molecule has 0 unspecified atom stereocenters. The van der Waals surface area contributed by atoms with E-state index < -0.39 is 0 Å². The van der Waals surface area contributed by atoms with E-state index in [0.717, 1.165) is 8.95 Å². The van der Waals surface area contributed by atoms with Gasteiger partial charge < -0.3 is 9.84 Å². The van der Waals surface area contributed by atoms with Gasteiger partial charge in [0.15, 0.2) is 11.5 Å². The summed E-state index contributed by atoms with van der Waals surface area (Å²) < 4.78 is 6.84. The van der Waals surface area contributed by atoms with E-state index in [4.69, 9.17) is 4.74 Å². The highest BCUT2D eigenvalue weighted by Crippen LogP contribution is 2.35. The zero-order valence-electron chi connectivity index (χ0n) is 6.47. The Labute approximate surface area is 87.8 Å². The van der Waals surface area contributed by atoms with Gasteiger partial charge in [0.1, 0.15) is 0 Å². The lowest BCUT2D eigenvalue weighted by molar-refractivity contribution is 0.318. The first-order valence-corrected chi connectivity index (χ1v) is 5.04. The van der Waals surface area contributed by atoms with Gasteiger partial charge in [0.05, 0.1) is 6.61 Å². The number of hydrogen-bond acceptors (Lipinski definition) is 2. The molecule has 1 aromatic carbocycles. The Hall–Kier alpha value is -0.220. The highest BCUT2D eigenvalue weighted by Gasteiger charge is 2.05. The van der Waals surface area contributed by atoms with Crippen molar-refractivity contribution >= 4 is 31.9 Å². The van der Waals surface area contributed by atoms with Crippen molar-refractivity contribution in [3.8, 4) is 11.5 Å². The number of rotatable bonds is 2. The van der Waals surface area contributed by atoms with Crippen molar-refractivity contribution in [3.63, 3.8) is 0 Å². The third-order valence-electron chi connectivity index (χ3n) is 1.30. The molecule has 66 valence electrons. The molecule has 0 aliphatic heterocycles. The first-order chi connectivity index (χ1) is 5.65. The predicted octanol–water partition coefficient (Wildman–Crippen LogP) is 3.32. The van der Waals surface area contributed by atoms with E-state index in [-0.39, 0.29) is 5.75 Å². The molecule has 1 aromatic rings. The lowest BCUT2D eigenvalue weighted by atomic mass is 10.3. The van der Waals surface area contributed by atoms with Crippen LogP contribution in [0.3, 0.4) is 0 Å². The summed E-state index contributed by atoms with van der Waals surface area (Å²) in [5.41, 5.74) is 0. The van der Waals surface area contributed by atoms with Gasteiger partial charge in [-0.2, -0.15) is 0 Å². The second-order valence-corrected chi connectivity index (χ2v) is 3.88. The molecule has 0 aliphatic carbocycles. The zero-order chi connectivity index (χ0) is 9.14. The van der Waals surface area contributed by atoms with Crippen LogP contribution < -0.4 is 4.74 Å². The second kappa shape index (κ2) is 4.14. The molecule has 12 heavy (non-hydrogen) atoms. The van der Waals surface area contributed by atoms with E-state index >= 15 is 0 Å². The average Bonchev–Trinajstić information content (AvgIpc) is 2.01. The van der Waals surface area contributed by atoms with E-state index in [2.05, 4.69) is 31.9 Å². The molecule has 2 nitrogen and oxygen atoms in total. The molecular formula is C8H8Br2O2. The molecule has 1 N–H and O–H groups in total. The van der Waals surface area contributed by atoms with Gasteiger partial charge in [-0.1, -0.05) is 0 Å². The highest BCUT2D eigenvalue weighted by molar-refractivity contribution is 9.13. The quantitative estimate of drug-likeness (QED) is 0.907. The van der Waals surface area contributed by atoms with Gasteiger partial charge in [-0.05, 0) is 50.9 Å². The molecule has 0 aliphatic rings. The lowest BCUT2D eigenvalue weighted by Gasteiger charge is -2.06. The first kappa shape index (κ1) is 9.86. The number of phenols is 1.